The topological polar surface area (TPSA) is 114 Å². The zero-order valence-corrected chi connectivity index (χ0v) is 12.9. The summed E-state index contributed by atoms with van der Waals surface area (Å²) in [5.74, 6) is -1.43. The highest BCUT2D eigenvalue weighted by Crippen LogP contribution is 2.00. The van der Waals surface area contributed by atoms with Crippen molar-refractivity contribution >= 4 is 18.0 Å². The second-order valence-electron chi connectivity index (χ2n) is 4.69. The molecule has 1 rings (SSSR count). The van der Waals surface area contributed by atoms with Crippen molar-refractivity contribution in [2.45, 2.75) is 25.6 Å². The summed E-state index contributed by atoms with van der Waals surface area (Å²) in [7, 11) is 1.14. The van der Waals surface area contributed by atoms with Crippen molar-refractivity contribution in [3.63, 3.8) is 0 Å². The number of benzene rings is 1. The summed E-state index contributed by atoms with van der Waals surface area (Å²) in [6.07, 6.45) is -0.768. The van der Waals surface area contributed by atoms with Crippen molar-refractivity contribution in [1.82, 2.24) is 10.6 Å². The standard InChI is InChI=1S/C15H20N2O6/c1-10(13(19)17-12(8-18)14(20)22-2)16-15(21)23-9-11-6-4-3-5-7-11/h3-7,10,12,18H,8-9H2,1-2H3,(H,16,21)(H,17,19)/t10-,12-/m1/s1. The lowest BCUT2D eigenvalue weighted by atomic mass is 10.2. The van der Waals surface area contributed by atoms with E-state index in [1.807, 2.05) is 18.2 Å². The Morgan fingerprint density at radius 2 is 1.83 bits per heavy atom. The van der Waals surface area contributed by atoms with Gasteiger partial charge in [0.2, 0.25) is 5.91 Å². The third kappa shape index (κ3) is 6.35. The highest BCUT2D eigenvalue weighted by Gasteiger charge is 2.24. The molecule has 0 aliphatic rings. The van der Waals surface area contributed by atoms with Crippen LogP contribution in [0.25, 0.3) is 0 Å². The summed E-state index contributed by atoms with van der Waals surface area (Å²) in [5, 5.41) is 13.6. The first-order valence-corrected chi connectivity index (χ1v) is 6.94. The van der Waals surface area contributed by atoms with Gasteiger partial charge >= 0.3 is 12.1 Å². The fraction of sp³-hybridized carbons (Fsp3) is 0.400. The van der Waals surface area contributed by atoms with Gasteiger partial charge in [0.1, 0.15) is 12.6 Å². The number of amides is 2. The van der Waals surface area contributed by atoms with Gasteiger partial charge in [-0.3, -0.25) is 4.79 Å². The van der Waals surface area contributed by atoms with Gasteiger partial charge in [0.05, 0.1) is 13.7 Å². The zero-order chi connectivity index (χ0) is 17.2. The molecular formula is C15H20N2O6. The minimum absolute atomic E-state index is 0.0719. The first kappa shape index (κ1) is 18.4. The van der Waals surface area contributed by atoms with Crippen molar-refractivity contribution in [2.24, 2.45) is 0 Å². The number of methoxy groups -OCH3 is 1. The van der Waals surface area contributed by atoms with Crippen LogP contribution < -0.4 is 10.6 Å². The normalized spacial score (nSPS) is 12.7. The van der Waals surface area contributed by atoms with Crippen molar-refractivity contribution in [2.75, 3.05) is 13.7 Å². The summed E-state index contributed by atoms with van der Waals surface area (Å²) in [5.41, 5.74) is 0.811. The van der Waals surface area contributed by atoms with Crippen LogP contribution in [0.3, 0.4) is 0 Å². The van der Waals surface area contributed by atoms with Crippen LogP contribution in [0.2, 0.25) is 0 Å². The molecule has 0 bridgehead atoms. The van der Waals surface area contributed by atoms with Gasteiger partial charge in [0.15, 0.2) is 6.04 Å². The van der Waals surface area contributed by atoms with Gasteiger partial charge in [0.25, 0.3) is 0 Å². The van der Waals surface area contributed by atoms with E-state index < -0.39 is 36.7 Å². The van der Waals surface area contributed by atoms with E-state index >= 15 is 0 Å². The maximum atomic E-state index is 11.8. The predicted molar refractivity (Wildman–Crippen MR) is 80.3 cm³/mol. The monoisotopic (exact) mass is 324 g/mol. The average Bonchev–Trinajstić information content (AvgIpc) is 2.57. The summed E-state index contributed by atoms with van der Waals surface area (Å²) < 4.78 is 9.40. The van der Waals surface area contributed by atoms with Crippen molar-refractivity contribution in [3.8, 4) is 0 Å². The fourth-order valence-corrected chi connectivity index (χ4v) is 1.63. The van der Waals surface area contributed by atoms with Crippen molar-refractivity contribution < 1.29 is 29.0 Å². The second kappa shape index (κ2) is 9.42. The molecule has 0 saturated carbocycles. The Labute approximate surface area is 133 Å². The van der Waals surface area contributed by atoms with E-state index in [2.05, 4.69) is 15.4 Å². The van der Waals surface area contributed by atoms with Crippen LogP contribution in [0.1, 0.15) is 12.5 Å². The summed E-state index contributed by atoms with van der Waals surface area (Å²) in [6, 6.07) is 6.93. The first-order chi connectivity index (χ1) is 11.0. The largest absolute Gasteiger partial charge is 0.467 e. The van der Waals surface area contributed by atoms with Gasteiger partial charge in [-0.15, -0.1) is 0 Å². The molecule has 3 N–H and O–H groups in total. The van der Waals surface area contributed by atoms with Crippen LogP contribution in [0.5, 0.6) is 0 Å². The minimum Gasteiger partial charge on any atom is -0.467 e. The molecule has 0 spiro atoms. The van der Waals surface area contributed by atoms with Crippen molar-refractivity contribution in [1.29, 1.82) is 0 Å². The van der Waals surface area contributed by atoms with Crippen molar-refractivity contribution in [3.05, 3.63) is 35.9 Å². The minimum atomic E-state index is -1.18. The van der Waals surface area contributed by atoms with Crippen LogP contribution in [0.4, 0.5) is 4.79 Å². The number of ether oxygens (including phenoxy) is 2. The molecule has 0 radical (unpaired) electrons. The van der Waals surface area contributed by atoms with E-state index in [9.17, 15) is 14.4 Å². The molecule has 1 aromatic carbocycles. The maximum absolute atomic E-state index is 11.8. The number of esters is 1. The zero-order valence-electron chi connectivity index (χ0n) is 12.9. The number of aliphatic hydroxyl groups excluding tert-OH is 1. The molecule has 0 saturated heterocycles. The number of hydrogen-bond acceptors (Lipinski definition) is 6. The molecule has 0 aromatic heterocycles. The number of hydrogen-bond donors (Lipinski definition) is 3. The Balaban J connectivity index is 2.41. The van der Waals surface area contributed by atoms with Crippen LogP contribution in [0, 0.1) is 0 Å². The number of rotatable bonds is 7. The highest BCUT2D eigenvalue weighted by atomic mass is 16.5. The number of carbonyl (C=O) groups is 3. The van der Waals surface area contributed by atoms with E-state index in [0.717, 1.165) is 12.7 Å². The fourth-order valence-electron chi connectivity index (χ4n) is 1.63. The van der Waals surface area contributed by atoms with Gasteiger partial charge in [-0.1, -0.05) is 30.3 Å². The lowest BCUT2D eigenvalue weighted by Gasteiger charge is -2.18. The SMILES string of the molecule is COC(=O)[C@@H](CO)NC(=O)[C@@H](C)NC(=O)OCc1ccccc1. The Morgan fingerprint density at radius 1 is 1.17 bits per heavy atom. The number of alkyl carbamates (subject to hydrolysis) is 1. The van der Waals surface area contributed by atoms with E-state index in [1.54, 1.807) is 12.1 Å². The molecule has 2 amide bonds. The van der Waals surface area contributed by atoms with E-state index in [4.69, 9.17) is 9.84 Å². The molecule has 8 heteroatoms. The second-order valence-corrected chi connectivity index (χ2v) is 4.69. The molecule has 23 heavy (non-hydrogen) atoms. The first-order valence-electron chi connectivity index (χ1n) is 6.94. The Bertz CT molecular complexity index is 534. The predicted octanol–water partition coefficient (Wildman–Crippen LogP) is -0.0486. The Hall–Kier alpha value is -2.61. The maximum Gasteiger partial charge on any atom is 0.408 e. The Kier molecular flexibility index (Phi) is 7.55. The van der Waals surface area contributed by atoms with E-state index in [-0.39, 0.29) is 6.61 Å². The van der Waals surface area contributed by atoms with Gasteiger partial charge in [0, 0.05) is 0 Å². The van der Waals surface area contributed by atoms with Gasteiger partial charge in [-0.25, -0.2) is 9.59 Å². The Morgan fingerprint density at radius 3 is 2.39 bits per heavy atom. The summed E-state index contributed by atoms with van der Waals surface area (Å²) in [6.45, 7) is 0.886. The quantitative estimate of drug-likeness (QED) is 0.606. The van der Waals surface area contributed by atoms with Gasteiger partial charge < -0.3 is 25.2 Å². The molecule has 0 aliphatic carbocycles. The lowest BCUT2D eigenvalue weighted by Crippen LogP contribution is -2.51. The van der Waals surface area contributed by atoms with Crippen LogP contribution in [0.15, 0.2) is 30.3 Å². The third-order valence-electron chi connectivity index (χ3n) is 2.93. The summed E-state index contributed by atoms with van der Waals surface area (Å²) in [4.78, 5) is 34.7. The smallest absolute Gasteiger partial charge is 0.408 e. The van der Waals surface area contributed by atoms with E-state index in [0.29, 0.717) is 0 Å². The molecule has 0 fully saturated rings. The van der Waals surface area contributed by atoms with Crippen LogP contribution in [-0.2, 0) is 25.7 Å². The van der Waals surface area contributed by atoms with Gasteiger partial charge in [-0.05, 0) is 12.5 Å². The van der Waals surface area contributed by atoms with Crippen LogP contribution >= 0.6 is 0 Å². The molecule has 8 nitrogen and oxygen atoms in total. The van der Waals surface area contributed by atoms with Crippen LogP contribution in [-0.4, -0.2) is 48.9 Å². The lowest BCUT2D eigenvalue weighted by molar-refractivity contribution is -0.146. The summed E-state index contributed by atoms with van der Waals surface area (Å²) >= 11 is 0. The van der Waals surface area contributed by atoms with Gasteiger partial charge in [-0.2, -0.15) is 0 Å². The molecule has 0 unspecified atom stereocenters. The molecule has 0 heterocycles. The molecule has 2 atom stereocenters. The number of carbonyl (C=O) groups excluding carboxylic acids is 3. The molecular weight excluding hydrogens is 304 g/mol. The average molecular weight is 324 g/mol. The third-order valence-corrected chi connectivity index (χ3v) is 2.93. The molecule has 126 valence electrons. The molecule has 0 aliphatic heterocycles. The number of nitrogens with one attached hydrogen (secondary N) is 2. The number of aliphatic hydroxyl groups is 1. The van der Waals surface area contributed by atoms with E-state index in [1.165, 1.54) is 6.92 Å². The molecule has 1 aromatic rings. The highest BCUT2D eigenvalue weighted by molar-refractivity contribution is 5.89.